The van der Waals surface area contributed by atoms with Gasteiger partial charge in [-0.1, -0.05) is 29.3 Å². The second kappa shape index (κ2) is 8.27. The number of aromatic amines is 1. The fourth-order valence-corrected chi connectivity index (χ4v) is 5.13. The molecule has 0 bridgehead atoms. The third kappa shape index (κ3) is 4.41. The van der Waals surface area contributed by atoms with Crippen molar-refractivity contribution in [1.82, 2.24) is 15.3 Å². The van der Waals surface area contributed by atoms with Crippen LogP contribution in [0.1, 0.15) is 55.5 Å². The number of alkyl halides is 2. The molecule has 5 rings (SSSR count). The summed E-state index contributed by atoms with van der Waals surface area (Å²) in [6, 6.07) is 6.55. The Balaban J connectivity index is 1.49. The number of nitrogens with one attached hydrogen (secondary N) is 3. The van der Waals surface area contributed by atoms with Gasteiger partial charge in [0.1, 0.15) is 11.4 Å². The highest BCUT2D eigenvalue weighted by molar-refractivity contribution is 6.39. The van der Waals surface area contributed by atoms with Crippen molar-refractivity contribution in [2.45, 2.75) is 63.5 Å². The number of benzene rings is 2. The number of rotatable bonds is 4. The molecule has 3 aromatic rings. The smallest absolute Gasteiger partial charge is 0.255 e. The van der Waals surface area contributed by atoms with Crippen molar-refractivity contribution in [2.24, 2.45) is 0 Å². The summed E-state index contributed by atoms with van der Waals surface area (Å²) in [5.74, 6) is -2.10. The molecule has 0 spiro atoms. The second-order valence-electron chi connectivity index (χ2n) is 9.58. The third-order valence-corrected chi connectivity index (χ3v) is 6.95. The van der Waals surface area contributed by atoms with Gasteiger partial charge in [0.15, 0.2) is 0 Å². The molecule has 0 radical (unpaired) electrons. The molecular formula is C24H24Cl2F2N4O2. The van der Waals surface area contributed by atoms with E-state index in [1.807, 2.05) is 13.8 Å². The summed E-state index contributed by atoms with van der Waals surface area (Å²) in [6.07, 6.45) is 0.606. The fourth-order valence-electron chi connectivity index (χ4n) is 4.63. The molecule has 0 unspecified atom stereocenters. The van der Waals surface area contributed by atoms with Crippen LogP contribution in [0.3, 0.4) is 0 Å². The largest absolute Gasteiger partial charge is 0.486 e. The fraction of sp³-hybridized carbons (Fsp3) is 0.417. The van der Waals surface area contributed by atoms with Crippen LogP contribution in [0.5, 0.6) is 5.75 Å². The summed E-state index contributed by atoms with van der Waals surface area (Å²) in [6.45, 7) is 3.89. The summed E-state index contributed by atoms with van der Waals surface area (Å²) in [4.78, 5) is 21.1. The number of carbonyl (C=O) groups is 1. The molecule has 2 heterocycles. The molecule has 10 heteroatoms. The number of amides is 1. The number of hydrogen-bond donors (Lipinski definition) is 3. The highest BCUT2D eigenvalue weighted by Gasteiger charge is 2.38. The first-order valence-corrected chi connectivity index (χ1v) is 11.9. The number of ether oxygens (including phenoxy) is 1. The first-order valence-electron chi connectivity index (χ1n) is 11.2. The lowest BCUT2D eigenvalue weighted by molar-refractivity contribution is -0.0399. The minimum Gasteiger partial charge on any atom is -0.486 e. The van der Waals surface area contributed by atoms with Crippen LogP contribution in [0.2, 0.25) is 10.0 Å². The molecule has 1 fully saturated rings. The Labute approximate surface area is 205 Å². The first-order chi connectivity index (χ1) is 16.0. The minimum absolute atomic E-state index is 0.225. The van der Waals surface area contributed by atoms with E-state index in [2.05, 4.69) is 20.6 Å². The van der Waals surface area contributed by atoms with E-state index in [4.69, 9.17) is 27.9 Å². The van der Waals surface area contributed by atoms with E-state index in [-0.39, 0.29) is 37.6 Å². The normalized spacial score (nSPS) is 19.0. The molecular weight excluding hydrogens is 485 g/mol. The van der Waals surface area contributed by atoms with Gasteiger partial charge < -0.3 is 20.4 Å². The number of imidazole rings is 1. The maximum atomic E-state index is 13.5. The summed E-state index contributed by atoms with van der Waals surface area (Å²) in [5.41, 5.74) is 2.52. The maximum Gasteiger partial charge on any atom is 0.255 e. The Morgan fingerprint density at radius 2 is 1.88 bits per heavy atom. The lowest BCUT2D eigenvalue weighted by Gasteiger charge is -2.29. The Bertz CT molecular complexity index is 1260. The number of para-hydroxylation sites is 1. The first kappa shape index (κ1) is 23.2. The predicted octanol–water partition coefficient (Wildman–Crippen LogP) is 6.63. The lowest BCUT2D eigenvalue weighted by atomic mass is 9.92. The van der Waals surface area contributed by atoms with Crippen molar-refractivity contribution in [2.75, 3.05) is 5.32 Å². The third-order valence-electron chi connectivity index (χ3n) is 6.32. The molecule has 34 heavy (non-hydrogen) atoms. The van der Waals surface area contributed by atoms with Gasteiger partial charge in [-0.15, -0.1) is 0 Å². The van der Waals surface area contributed by atoms with Crippen molar-refractivity contribution in [1.29, 1.82) is 0 Å². The van der Waals surface area contributed by atoms with E-state index >= 15 is 0 Å². The maximum absolute atomic E-state index is 13.5. The molecule has 180 valence electrons. The van der Waals surface area contributed by atoms with Crippen LogP contribution in [0.4, 0.5) is 20.4 Å². The number of H-pyrrole nitrogens is 1. The quantitative estimate of drug-likeness (QED) is 0.369. The molecule has 6 nitrogen and oxygen atoms in total. The number of hydrogen-bond acceptors (Lipinski definition) is 4. The topological polar surface area (TPSA) is 79.0 Å². The van der Waals surface area contributed by atoms with Gasteiger partial charge in [0, 0.05) is 30.9 Å². The van der Waals surface area contributed by atoms with Gasteiger partial charge in [-0.25, -0.2) is 13.8 Å². The van der Waals surface area contributed by atoms with E-state index in [0.29, 0.717) is 44.9 Å². The van der Waals surface area contributed by atoms with Crippen molar-refractivity contribution < 1.29 is 18.3 Å². The van der Waals surface area contributed by atoms with Crippen LogP contribution >= 0.6 is 23.2 Å². The van der Waals surface area contributed by atoms with Crippen LogP contribution in [-0.2, 0) is 6.42 Å². The van der Waals surface area contributed by atoms with Crippen LogP contribution < -0.4 is 15.4 Å². The Morgan fingerprint density at radius 3 is 2.56 bits per heavy atom. The molecule has 0 saturated heterocycles. The summed E-state index contributed by atoms with van der Waals surface area (Å²) >= 11 is 12.6. The summed E-state index contributed by atoms with van der Waals surface area (Å²) in [5, 5.41) is 6.93. The highest BCUT2D eigenvalue weighted by Crippen LogP contribution is 2.43. The molecule has 2 aliphatic rings. The molecule has 3 N–H and O–H groups in total. The highest BCUT2D eigenvalue weighted by atomic mass is 35.5. The lowest BCUT2D eigenvalue weighted by Crippen LogP contribution is -2.40. The van der Waals surface area contributed by atoms with Gasteiger partial charge in [-0.3, -0.25) is 4.79 Å². The number of fused-ring (bicyclic) bond motifs is 3. The monoisotopic (exact) mass is 508 g/mol. The zero-order valence-electron chi connectivity index (χ0n) is 18.7. The number of halogens is 4. The van der Waals surface area contributed by atoms with Crippen molar-refractivity contribution in [3.05, 3.63) is 45.4 Å². The number of nitrogens with zero attached hydrogens (tertiary/aromatic N) is 1. The van der Waals surface area contributed by atoms with E-state index in [1.54, 1.807) is 24.3 Å². The Morgan fingerprint density at radius 1 is 1.21 bits per heavy atom. The van der Waals surface area contributed by atoms with E-state index < -0.39 is 11.5 Å². The molecule has 1 amide bonds. The van der Waals surface area contributed by atoms with Gasteiger partial charge in [-0.05, 0) is 44.9 Å². The SMILES string of the molecule is CC1(C)Cc2c(c(C(=O)NC3CCC(F)(F)CC3)cc3nc(Nc4c(Cl)cccc4Cl)[nH]c23)O1. The summed E-state index contributed by atoms with van der Waals surface area (Å²) in [7, 11) is 0. The minimum atomic E-state index is -2.66. The van der Waals surface area contributed by atoms with Gasteiger partial charge in [0.25, 0.3) is 5.91 Å². The van der Waals surface area contributed by atoms with Crippen LogP contribution in [0.15, 0.2) is 24.3 Å². The van der Waals surface area contributed by atoms with Crippen LogP contribution in [-0.4, -0.2) is 33.4 Å². The van der Waals surface area contributed by atoms with Gasteiger partial charge >= 0.3 is 0 Å². The molecule has 0 atom stereocenters. The second-order valence-corrected chi connectivity index (χ2v) is 10.4. The Kier molecular flexibility index (Phi) is 5.64. The zero-order valence-corrected chi connectivity index (χ0v) is 20.2. The van der Waals surface area contributed by atoms with Crippen LogP contribution in [0.25, 0.3) is 11.0 Å². The van der Waals surface area contributed by atoms with E-state index in [0.717, 1.165) is 11.1 Å². The van der Waals surface area contributed by atoms with Crippen molar-refractivity contribution in [3.8, 4) is 5.75 Å². The molecule has 2 aromatic carbocycles. The number of carbonyl (C=O) groups excluding carboxylic acids is 1. The zero-order chi connectivity index (χ0) is 24.3. The molecule has 1 aliphatic carbocycles. The molecule has 1 aliphatic heterocycles. The number of aromatic nitrogens is 2. The van der Waals surface area contributed by atoms with Gasteiger partial charge in [0.2, 0.25) is 11.9 Å². The van der Waals surface area contributed by atoms with Gasteiger partial charge in [-0.2, -0.15) is 0 Å². The standard InChI is InChI=1S/C24H24Cl2F2N4O2/c1-23(2)11-14-18-17(30-22(31-18)32-19-15(25)4-3-5-16(19)26)10-13(20(14)34-23)21(33)29-12-6-8-24(27,28)9-7-12/h3-5,10,12H,6-9,11H2,1-2H3,(H,29,33)(H2,30,31,32). The van der Waals surface area contributed by atoms with Crippen molar-refractivity contribution >= 4 is 51.8 Å². The Hall–Kier alpha value is -2.58. The average molecular weight is 509 g/mol. The predicted molar refractivity (Wildman–Crippen MR) is 129 cm³/mol. The van der Waals surface area contributed by atoms with Crippen molar-refractivity contribution in [3.63, 3.8) is 0 Å². The average Bonchev–Trinajstić information content (AvgIpc) is 3.30. The summed E-state index contributed by atoms with van der Waals surface area (Å²) < 4.78 is 33.2. The van der Waals surface area contributed by atoms with E-state index in [1.165, 1.54) is 0 Å². The molecule has 1 aromatic heterocycles. The number of anilines is 2. The van der Waals surface area contributed by atoms with Crippen LogP contribution in [0, 0.1) is 0 Å². The van der Waals surface area contributed by atoms with E-state index in [9.17, 15) is 13.6 Å². The molecule has 1 saturated carbocycles. The van der Waals surface area contributed by atoms with Gasteiger partial charge in [0.05, 0.1) is 32.3 Å².